The summed E-state index contributed by atoms with van der Waals surface area (Å²) in [5, 5.41) is 11.3. The second kappa shape index (κ2) is 10.7. The lowest BCUT2D eigenvalue weighted by molar-refractivity contribution is -0.132. The summed E-state index contributed by atoms with van der Waals surface area (Å²) >= 11 is 0. The number of ketones is 1. The van der Waals surface area contributed by atoms with Gasteiger partial charge in [-0.3, -0.25) is 14.5 Å². The zero-order chi connectivity index (χ0) is 26.8. The number of aliphatic hydroxyl groups is 1. The van der Waals surface area contributed by atoms with E-state index in [0.717, 1.165) is 31.6 Å². The molecule has 2 aliphatic rings. The quantitative estimate of drug-likeness (QED) is 0.235. The van der Waals surface area contributed by atoms with Crippen LogP contribution in [0.2, 0.25) is 0 Å². The summed E-state index contributed by atoms with van der Waals surface area (Å²) in [7, 11) is 0. The third-order valence-corrected chi connectivity index (χ3v) is 6.94. The molecule has 2 fully saturated rings. The number of nitrogens with zero attached hydrogens (tertiary/aromatic N) is 2. The number of halogens is 1. The number of Topliss-reactive ketones (excluding diaryl/α,β-unsaturated/α-hetero) is 1. The first-order valence-corrected chi connectivity index (χ1v) is 13.0. The Hall–Kier alpha value is -4.13. The number of amides is 1. The summed E-state index contributed by atoms with van der Waals surface area (Å²) in [6.07, 6.45) is 2.29. The van der Waals surface area contributed by atoms with Crippen LogP contribution < -0.4 is 14.5 Å². The molecule has 0 aromatic heterocycles. The van der Waals surface area contributed by atoms with E-state index in [2.05, 4.69) is 18.7 Å². The Balaban J connectivity index is 1.55. The van der Waals surface area contributed by atoms with E-state index in [0.29, 0.717) is 35.1 Å². The molecule has 1 amide bonds. The highest BCUT2D eigenvalue weighted by Crippen LogP contribution is 2.42. The first kappa shape index (κ1) is 25.5. The lowest BCUT2D eigenvalue weighted by Gasteiger charge is -2.26. The molecule has 0 radical (unpaired) electrons. The van der Waals surface area contributed by atoms with Crippen molar-refractivity contribution >= 4 is 28.8 Å². The largest absolute Gasteiger partial charge is 0.507 e. The Morgan fingerprint density at radius 2 is 1.53 bits per heavy atom. The van der Waals surface area contributed by atoms with Gasteiger partial charge in [-0.2, -0.15) is 0 Å². The molecule has 38 heavy (non-hydrogen) atoms. The number of rotatable bonds is 7. The molecule has 1 atom stereocenters. The monoisotopic (exact) mass is 514 g/mol. The van der Waals surface area contributed by atoms with E-state index in [4.69, 9.17) is 4.74 Å². The molecule has 0 saturated carbocycles. The van der Waals surface area contributed by atoms with Gasteiger partial charge in [0, 0.05) is 30.0 Å². The van der Waals surface area contributed by atoms with Crippen LogP contribution in [-0.4, -0.2) is 36.5 Å². The fourth-order valence-corrected chi connectivity index (χ4v) is 4.99. The van der Waals surface area contributed by atoms with Crippen LogP contribution in [0.25, 0.3) is 5.76 Å². The average Bonchev–Trinajstić information content (AvgIpc) is 3.55. The third-order valence-electron chi connectivity index (χ3n) is 6.94. The van der Waals surface area contributed by atoms with Crippen molar-refractivity contribution in [3.8, 4) is 5.75 Å². The number of anilines is 2. The molecule has 2 saturated heterocycles. The van der Waals surface area contributed by atoms with Crippen molar-refractivity contribution in [3.63, 3.8) is 0 Å². The molecule has 7 heteroatoms. The van der Waals surface area contributed by atoms with Crippen molar-refractivity contribution in [2.75, 3.05) is 29.5 Å². The minimum atomic E-state index is -0.912. The molecule has 1 N–H and O–H groups in total. The number of hydrogen-bond donors (Lipinski definition) is 1. The minimum Gasteiger partial charge on any atom is -0.507 e. The number of benzene rings is 3. The predicted octanol–water partition coefficient (Wildman–Crippen LogP) is 6.09. The maximum Gasteiger partial charge on any atom is 0.300 e. The van der Waals surface area contributed by atoms with E-state index in [-0.39, 0.29) is 11.3 Å². The van der Waals surface area contributed by atoms with E-state index in [9.17, 15) is 19.1 Å². The van der Waals surface area contributed by atoms with Crippen molar-refractivity contribution in [2.45, 2.75) is 32.7 Å². The van der Waals surface area contributed by atoms with Crippen LogP contribution >= 0.6 is 0 Å². The first-order valence-electron chi connectivity index (χ1n) is 13.0. The molecule has 0 aliphatic carbocycles. The zero-order valence-electron chi connectivity index (χ0n) is 21.6. The number of carbonyl (C=O) groups excluding carboxylic acids is 2. The molecule has 3 aromatic carbocycles. The van der Waals surface area contributed by atoms with Crippen molar-refractivity contribution in [2.24, 2.45) is 5.92 Å². The van der Waals surface area contributed by atoms with Crippen molar-refractivity contribution in [3.05, 3.63) is 95.3 Å². The van der Waals surface area contributed by atoms with Crippen LogP contribution in [0, 0.1) is 11.7 Å². The minimum absolute atomic E-state index is 0.0407. The Morgan fingerprint density at radius 3 is 2.13 bits per heavy atom. The van der Waals surface area contributed by atoms with Crippen LogP contribution in [0.4, 0.5) is 15.8 Å². The lowest BCUT2D eigenvalue weighted by atomic mass is 9.95. The molecule has 2 heterocycles. The summed E-state index contributed by atoms with van der Waals surface area (Å²) in [6, 6.07) is 19.0. The highest BCUT2D eigenvalue weighted by atomic mass is 19.1. The molecular formula is C31H31FN2O4. The molecule has 196 valence electrons. The highest BCUT2D eigenvalue weighted by Gasteiger charge is 2.47. The van der Waals surface area contributed by atoms with Crippen LogP contribution in [-0.2, 0) is 9.59 Å². The maximum absolute atomic E-state index is 13.8. The molecular weight excluding hydrogens is 483 g/mol. The molecule has 1 unspecified atom stereocenters. The number of hydrogen-bond acceptors (Lipinski definition) is 5. The summed E-state index contributed by atoms with van der Waals surface area (Å²) in [5.74, 6) is -1.25. The van der Waals surface area contributed by atoms with Crippen LogP contribution in [0.1, 0.15) is 43.9 Å². The number of carbonyl (C=O) groups is 2. The van der Waals surface area contributed by atoms with Gasteiger partial charge in [0.2, 0.25) is 0 Å². The molecule has 0 spiro atoms. The van der Waals surface area contributed by atoms with Gasteiger partial charge in [-0.15, -0.1) is 0 Å². The molecule has 2 aliphatic heterocycles. The topological polar surface area (TPSA) is 70.1 Å². The summed E-state index contributed by atoms with van der Waals surface area (Å²) < 4.78 is 19.5. The van der Waals surface area contributed by atoms with Crippen molar-refractivity contribution in [1.82, 2.24) is 0 Å². The van der Waals surface area contributed by atoms with E-state index in [1.165, 1.54) is 29.2 Å². The second-order valence-corrected chi connectivity index (χ2v) is 10.2. The lowest BCUT2D eigenvalue weighted by Crippen LogP contribution is -2.29. The molecule has 0 bridgehead atoms. The third kappa shape index (κ3) is 5.01. The number of ether oxygens (including phenoxy) is 1. The van der Waals surface area contributed by atoms with Crippen molar-refractivity contribution < 1.29 is 23.8 Å². The Morgan fingerprint density at radius 1 is 0.921 bits per heavy atom. The second-order valence-electron chi connectivity index (χ2n) is 10.2. The maximum atomic E-state index is 13.8. The SMILES string of the molecule is CC(C)COc1ccc(/C(O)=C2\C(=O)C(=O)N(c3ccc(N4CCCC4)cc3)C2c2ccc(F)cc2)cc1. The van der Waals surface area contributed by atoms with E-state index < -0.39 is 23.5 Å². The predicted molar refractivity (Wildman–Crippen MR) is 146 cm³/mol. The van der Waals surface area contributed by atoms with Gasteiger partial charge in [0.1, 0.15) is 17.3 Å². The van der Waals surface area contributed by atoms with Gasteiger partial charge in [0.05, 0.1) is 18.2 Å². The van der Waals surface area contributed by atoms with Gasteiger partial charge in [-0.1, -0.05) is 26.0 Å². The summed E-state index contributed by atoms with van der Waals surface area (Å²) in [6.45, 7) is 6.63. The average molecular weight is 515 g/mol. The first-order chi connectivity index (χ1) is 18.3. The van der Waals surface area contributed by atoms with Gasteiger partial charge in [-0.25, -0.2) is 4.39 Å². The smallest absolute Gasteiger partial charge is 0.300 e. The standard InChI is InChI=1S/C31H31FN2O4/c1-20(2)19-38-26-15-7-22(8-16-26)29(35)27-28(21-5-9-23(32)10-6-21)34(31(37)30(27)36)25-13-11-24(12-14-25)33-17-3-4-18-33/h5-16,20,28,35H,3-4,17-19H2,1-2H3/b29-27+. The zero-order valence-corrected chi connectivity index (χ0v) is 21.6. The van der Waals surface area contributed by atoms with E-state index in [1.807, 2.05) is 24.3 Å². The van der Waals surface area contributed by atoms with Gasteiger partial charge in [-0.05, 0) is 85.0 Å². The van der Waals surface area contributed by atoms with Crippen LogP contribution in [0.5, 0.6) is 5.75 Å². The molecule has 5 rings (SSSR count). The van der Waals surface area contributed by atoms with Crippen molar-refractivity contribution in [1.29, 1.82) is 0 Å². The fourth-order valence-electron chi connectivity index (χ4n) is 4.99. The summed E-state index contributed by atoms with van der Waals surface area (Å²) in [4.78, 5) is 30.4. The Kier molecular flexibility index (Phi) is 7.18. The van der Waals surface area contributed by atoms with Gasteiger partial charge in [0.25, 0.3) is 11.7 Å². The summed E-state index contributed by atoms with van der Waals surface area (Å²) in [5.41, 5.74) is 2.45. The number of aliphatic hydroxyl groups excluding tert-OH is 1. The van der Waals surface area contributed by atoms with Gasteiger partial charge in [0.15, 0.2) is 0 Å². The fraction of sp³-hybridized carbons (Fsp3) is 0.290. The Bertz CT molecular complexity index is 1340. The van der Waals surface area contributed by atoms with Gasteiger partial charge < -0.3 is 14.7 Å². The van der Waals surface area contributed by atoms with E-state index >= 15 is 0 Å². The highest BCUT2D eigenvalue weighted by molar-refractivity contribution is 6.51. The Labute approximate surface area is 222 Å². The normalized spacial score (nSPS) is 19.0. The molecule has 6 nitrogen and oxygen atoms in total. The van der Waals surface area contributed by atoms with Crippen LogP contribution in [0.15, 0.2) is 78.4 Å². The van der Waals surface area contributed by atoms with Crippen LogP contribution in [0.3, 0.4) is 0 Å². The van der Waals surface area contributed by atoms with E-state index in [1.54, 1.807) is 24.3 Å². The molecule has 3 aromatic rings. The van der Waals surface area contributed by atoms with Gasteiger partial charge >= 0.3 is 0 Å².